The number of halogens is 1. The summed E-state index contributed by atoms with van der Waals surface area (Å²) in [4.78, 5) is 16.5. The first-order chi connectivity index (χ1) is 17.3. The zero-order chi connectivity index (χ0) is 25.4. The van der Waals surface area contributed by atoms with Crippen LogP contribution in [-0.2, 0) is 4.79 Å². The molecule has 3 aromatic carbocycles. The summed E-state index contributed by atoms with van der Waals surface area (Å²) in [5, 5.41) is 14.1. The molecule has 6 nitrogen and oxygen atoms in total. The first-order valence-corrected chi connectivity index (χ1v) is 12.9. The highest BCUT2D eigenvalue weighted by Crippen LogP contribution is 2.34. The Labute approximate surface area is 219 Å². The molecule has 0 saturated heterocycles. The van der Waals surface area contributed by atoms with Crippen molar-refractivity contribution in [1.29, 1.82) is 0 Å². The van der Waals surface area contributed by atoms with Gasteiger partial charge in [0.15, 0.2) is 11.0 Å². The normalized spacial score (nSPS) is 12.1. The molecule has 2 aromatic heterocycles. The molecule has 2 N–H and O–H groups in total. The molecule has 8 heteroatoms. The van der Waals surface area contributed by atoms with Crippen molar-refractivity contribution in [2.75, 3.05) is 5.32 Å². The van der Waals surface area contributed by atoms with Gasteiger partial charge in [-0.25, -0.2) is 0 Å². The number of H-pyrrole nitrogens is 1. The number of benzene rings is 3. The quantitative estimate of drug-likeness (QED) is 0.236. The second kappa shape index (κ2) is 9.84. The van der Waals surface area contributed by atoms with Crippen LogP contribution in [0.15, 0.2) is 72.0 Å². The van der Waals surface area contributed by atoms with Crippen molar-refractivity contribution in [3.63, 3.8) is 0 Å². The van der Waals surface area contributed by atoms with Crippen molar-refractivity contribution in [1.82, 2.24) is 19.7 Å². The van der Waals surface area contributed by atoms with Gasteiger partial charge in [0.05, 0.1) is 5.25 Å². The number of fused-ring (bicyclic) bond motifs is 1. The van der Waals surface area contributed by atoms with E-state index >= 15 is 0 Å². The van der Waals surface area contributed by atoms with Crippen molar-refractivity contribution in [3.05, 3.63) is 88.6 Å². The van der Waals surface area contributed by atoms with Crippen LogP contribution >= 0.6 is 23.4 Å². The van der Waals surface area contributed by atoms with E-state index in [2.05, 4.69) is 45.6 Å². The number of amides is 1. The summed E-state index contributed by atoms with van der Waals surface area (Å²) in [6.07, 6.45) is 1.94. The highest BCUT2D eigenvalue weighted by Gasteiger charge is 2.24. The third-order valence-corrected chi connectivity index (χ3v) is 7.42. The van der Waals surface area contributed by atoms with Gasteiger partial charge in [0.2, 0.25) is 5.91 Å². The average molecular weight is 516 g/mol. The fraction of sp³-hybridized carbons (Fsp3) is 0.179. The van der Waals surface area contributed by atoms with Crippen LogP contribution in [0.4, 0.5) is 5.69 Å². The maximum Gasteiger partial charge on any atom is 0.237 e. The fourth-order valence-corrected chi connectivity index (χ4v) is 5.41. The minimum atomic E-state index is -0.406. The zero-order valence-corrected chi connectivity index (χ0v) is 22.0. The van der Waals surface area contributed by atoms with Gasteiger partial charge in [0, 0.05) is 39.1 Å². The predicted molar refractivity (Wildman–Crippen MR) is 148 cm³/mol. The number of aromatic amines is 1. The fourth-order valence-electron chi connectivity index (χ4n) is 4.41. The maximum atomic E-state index is 13.2. The number of carbonyl (C=O) groups excluding carboxylic acids is 1. The summed E-state index contributed by atoms with van der Waals surface area (Å²) < 4.78 is 1.97. The Balaban J connectivity index is 1.50. The molecule has 182 valence electrons. The Morgan fingerprint density at radius 3 is 2.44 bits per heavy atom. The minimum absolute atomic E-state index is 0.0886. The first-order valence-electron chi connectivity index (χ1n) is 11.6. The van der Waals surface area contributed by atoms with Gasteiger partial charge in [-0.15, -0.1) is 10.2 Å². The molecule has 0 fully saturated rings. The third-order valence-electron chi connectivity index (χ3n) is 6.12. The molecular formula is C28H26ClN5OS. The molecule has 0 aliphatic heterocycles. The van der Waals surface area contributed by atoms with Gasteiger partial charge in [0.1, 0.15) is 0 Å². The summed E-state index contributed by atoms with van der Waals surface area (Å²) >= 11 is 7.53. The van der Waals surface area contributed by atoms with E-state index in [0.29, 0.717) is 16.0 Å². The van der Waals surface area contributed by atoms with Crippen LogP contribution in [0.5, 0.6) is 0 Å². The van der Waals surface area contributed by atoms with Crippen molar-refractivity contribution >= 4 is 45.9 Å². The third kappa shape index (κ3) is 4.64. The molecule has 0 radical (unpaired) electrons. The van der Waals surface area contributed by atoms with Gasteiger partial charge in [-0.05, 0) is 69.2 Å². The molecular weight excluding hydrogens is 490 g/mol. The van der Waals surface area contributed by atoms with Gasteiger partial charge < -0.3 is 10.3 Å². The molecule has 2 heterocycles. The largest absolute Gasteiger partial charge is 0.360 e. The number of rotatable bonds is 6. The predicted octanol–water partition coefficient (Wildman–Crippen LogP) is 7.11. The minimum Gasteiger partial charge on any atom is -0.360 e. The van der Waals surface area contributed by atoms with Crippen molar-refractivity contribution in [2.24, 2.45) is 0 Å². The molecule has 0 bridgehead atoms. The molecule has 1 amide bonds. The molecule has 5 rings (SSSR count). The lowest BCUT2D eigenvalue weighted by Crippen LogP contribution is -2.24. The number of anilines is 1. The number of nitrogens with one attached hydrogen (secondary N) is 2. The lowest BCUT2D eigenvalue weighted by atomic mass is 10.1. The zero-order valence-electron chi connectivity index (χ0n) is 20.5. The van der Waals surface area contributed by atoms with Crippen LogP contribution in [0.1, 0.15) is 23.6 Å². The summed E-state index contributed by atoms with van der Waals surface area (Å²) in [6, 6.07) is 19.8. The maximum absolute atomic E-state index is 13.2. The Bertz CT molecular complexity index is 1550. The van der Waals surface area contributed by atoms with Crippen LogP contribution in [0.3, 0.4) is 0 Å². The Hall–Kier alpha value is -3.55. The SMILES string of the molecule is Cc1cc(C)c(NC(=O)C(C)Sc2nnc(-c3c[nH]c4ccccc34)n2-c2ccc(Cl)cc2)c(C)c1. The van der Waals surface area contributed by atoms with Gasteiger partial charge in [0.25, 0.3) is 0 Å². The number of aryl methyl sites for hydroxylation is 3. The van der Waals surface area contributed by atoms with Crippen molar-refractivity contribution in [3.8, 4) is 17.1 Å². The van der Waals surface area contributed by atoms with E-state index in [1.165, 1.54) is 17.3 Å². The Morgan fingerprint density at radius 1 is 1.03 bits per heavy atom. The number of para-hydroxylation sites is 1. The highest BCUT2D eigenvalue weighted by molar-refractivity contribution is 8.00. The number of nitrogens with zero attached hydrogens (tertiary/aromatic N) is 3. The summed E-state index contributed by atoms with van der Waals surface area (Å²) in [7, 11) is 0. The molecule has 0 saturated carbocycles. The van der Waals surface area contributed by atoms with E-state index in [1.807, 2.05) is 74.0 Å². The van der Waals surface area contributed by atoms with E-state index in [-0.39, 0.29) is 5.91 Å². The molecule has 1 unspecified atom stereocenters. The van der Waals surface area contributed by atoms with Crippen LogP contribution in [0.25, 0.3) is 28.0 Å². The summed E-state index contributed by atoms with van der Waals surface area (Å²) in [5.74, 6) is 0.601. The molecule has 5 aromatic rings. The van der Waals surface area contributed by atoms with Crippen LogP contribution in [0.2, 0.25) is 5.02 Å². The summed E-state index contributed by atoms with van der Waals surface area (Å²) in [5.41, 5.74) is 6.94. The number of thioether (sulfide) groups is 1. The number of carbonyl (C=O) groups is 1. The van der Waals surface area contributed by atoms with E-state index in [4.69, 9.17) is 11.6 Å². The molecule has 0 aliphatic carbocycles. The van der Waals surface area contributed by atoms with E-state index in [9.17, 15) is 4.79 Å². The second-order valence-corrected chi connectivity index (χ2v) is 10.6. The van der Waals surface area contributed by atoms with Gasteiger partial charge >= 0.3 is 0 Å². The smallest absolute Gasteiger partial charge is 0.237 e. The molecule has 0 aliphatic rings. The van der Waals surface area contributed by atoms with E-state index in [0.717, 1.165) is 39.0 Å². The highest BCUT2D eigenvalue weighted by atomic mass is 35.5. The van der Waals surface area contributed by atoms with Gasteiger partial charge in [-0.3, -0.25) is 9.36 Å². The lowest BCUT2D eigenvalue weighted by Gasteiger charge is -2.16. The number of aromatic nitrogens is 4. The Kier molecular flexibility index (Phi) is 6.60. The van der Waals surface area contributed by atoms with Crippen LogP contribution in [-0.4, -0.2) is 30.9 Å². The topological polar surface area (TPSA) is 75.6 Å². The molecule has 1 atom stereocenters. The summed E-state index contributed by atoms with van der Waals surface area (Å²) in [6.45, 7) is 7.96. The van der Waals surface area contributed by atoms with Crippen LogP contribution in [0, 0.1) is 20.8 Å². The second-order valence-electron chi connectivity index (χ2n) is 8.89. The number of hydrogen-bond donors (Lipinski definition) is 2. The van der Waals surface area contributed by atoms with Crippen molar-refractivity contribution in [2.45, 2.75) is 38.1 Å². The first kappa shape index (κ1) is 24.2. The number of hydrogen-bond acceptors (Lipinski definition) is 4. The van der Waals surface area contributed by atoms with Crippen LogP contribution < -0.4 is 5.32 Å². The van der Waals surface area contributed by atoms with E-state index < -0.39 is 5.25 Å². The standard InChI is InChI=1S/C28H26ClN5OS/c1-16-13-17(2)25(18(3)14-16)31-27(35)19(4)36-28-33-32-26(34(28)21-11-9-20(29)10-12-21)23-15-30-24-8-6-5-7-22(23)24/h5-15,19,30H,1-4H3,(H,31,35). The molecule has 0 spiro atoms. The monoisotopic (exact) mass is 515 g/mol. The average Bonchev–Trinajstić information content (AvgIpc) is 3.45. The molecule has 36 heavy (non-hydrogen) atoms. The van der Waals surface area contributed by atoms with Crippen molar-refractivity contribution < 1.29 is 4.79 Å². The lowest BCUT2D eigenvalue weighted by molar-refractivity contribution is -0.115. The Morgan fingerprint density at radius 2 is 1.72 bits per heavy atom. The van der Waals surface area contributed by atoms with Gasteiger partial charge in [-0.1, -0.05) is 59.3 Å². The van der Waals surface area contributed by atoms with Gasteiger partial charge in [-0.2, -0.15) is 0 Å². The van der Waals surface area contributed by atoms with E-state index in [1.54, 1.807) is 0 Å².